The molecule has 2 N–H and O–H groups in total. The molecule has 25 heavy (non-hydrogen) atoms. The Hall–Kier alpha value is -3.15. The number of aromatic carboxylic acids is 1. The summed E-state index contributed by atoms with van der Waals surface area (Å²) in [4.78, 5) is 21.7. The molecule has 4 rings (SSSR count). The van der Waals surface area contributed by atoms with E-state index in [1.807, 2.05) is 6.07 Å². The molecule has 6 heteroatoms. The van der Waals surface area contributed by atoms with Crippen molar-refractivity contribution in [1.82, 2.24) is 0 Å². The van der Waals surface area contributed by atoms with Crippen molar-refractivity contribution in [3.05, 3.63) is 81.4 Å². The molecule has 0 aromatic heterocycles. The van der Waals surface area contributed by atoms with E-state index in [0.29, 0.717) is 5.92 Å². The number of hydrogen-bond donors (Lipinski definition) is 2. The van der Waals surface area contributed by atoms with Gasteiger partial charge in [0, 0.05) is 23.7 Å². The van der Waals surface area contributed by atoms with Crippen LogP contribution in [0.2, 0.25) is 0 Å². The van der Waals surface area contributed by atoms with E-state index >= 15 is 0 Å². The van der Waals surface area contributed by atoms with Gasteiger partial charge in [-0.2, -0.15) is 0 Å². The molecule has 2 aromatic rings. The summed E-state index contributed by atoms with van der Waals surface area (Å²) >= 11 is 0. The lowest BCUT2D eigenvalue weighted by atomic mass is 9.77. The van der Waals surface area contributed by atoms with Gasteiger partial charge in [-0.1, -0.05) is 30.4 Å². The number of benzene rings is 2. The number of carboxylic acid groups (broad SMARTS) is 1. The number of carbonyl (C=O) groups is 1. The van der Waals surface area contributed by atoms with Crippen LogP contribution in [0.15, 0.2) is 54.6 Å². The van der Waals surface area contributed by atoms with E-state index in [4.69, 9.17) is 0 Å². The van der Waals surface area contributed by atoms with Gasteiger partial charge in [0.15, 0.2) is 0 Å². The average molecular weight is 336 g/mol. The first-order valence-corrected chi connectivity index (χ1v) is 8.09. The Morgan fingerprint density at radius 2 is 1.96 bits per heavy atom. The molecular weight excluding hydrogens is 320 g/mol. The van der Waals surface area contributed by atoms with Crippen molar-refractivity contribution < 1.29 is 14.8 Å². The highest BCUT2D eigenvalue weighted by atomic mass is 16.6. The molecule has 1 aliphatic heterocycles. The first-order chi connectivity index (χ1) is 12.0. The molecule has 0 spiro atoms. The number of nitrogens with one attached hydrogen (secondary N) is 1. The molecule has 0 saturated carbocycles. The maximum absolute atomic E-state index is 11.3. The van der Waals surface area contributed by atoms with Gasteiger partial charge >= 0.3 is 5.97 Å². The second-order valence-corrected chi connectivity index (χ2v) is 6.43. The molecule has 0 amide bonds. The minimum absolute atomic E-state index is 0.0163. The van der Waals surface area contributed by atoms with Gasteiger partial charge in [-0.3, -0.25) is 10.1 Å². The number of anilines is 1. The fourth-order valence-corrected chi connectivity index (χ4v) is 3.86. The number of hydrogen-bond acceptors (Lipinski definition) is 4. The Bertz CT molecular complexity index is 889. The van der Waals surface area contributed by atoms with Crippen LogP contribution in [0.3, 0.4) is 0 Å². The van der Waals surface area contributed by atoms with E-state index in [1.165, 1.54) is 12.1 Å². The molecule has 0 bridgehead atoms. The first-order valence-electron chi connectivity index (χ1n) is 8.09. The Morgan fingerprint density at radius 3 is 2.64 bits per heavy atom. The predicted octanol–water partition coefficient (Wildman–Crippen LogP) is 4.12. The zero-order valence-electron chi connectivity index (χ0n) is 13.3. The zero-order valence-corrected chi connectivity index (χ0v) is 13.3. The standard InChI is InChI=1S/C19H16N2O4/c22-19(23)12-6-9-15-14-2-1-3-16(14)18(20-17(15)10-12)11-4-7-13(8-5-11)21(24)25/h1-2,4-10,14,16,18,20H,3H2,(H,22,23). The highest BCUT2D eigenvalue weighted by Crippen LogP contribution is 2.49. The third-order valence-electron chi connectivity index (χ3n) is 5.07. The molecule has 1 aliphatic carbocycles. The van der Waals surface area contributed by atoms with Crippen molar-refractivity contribution in [3.63, 3.8) is 0 Å². The monoisotopic (exact) mass is 336 g/mol. The quantitative estimate of drug-likeness (QED) is 0.500. The zero-order chi connectivity index (χ0) is 17.6. The van der Waals surface area contributed by atoms with Gasteiger partial charge in [0.2, 0.25) is 0 Å². The Balaban J connectivity index is 1.74. The van der Waals surface area contributed by atoms with Crippen LogP contribution in [0.25, 0.3) is 0 Å². The van der Waals surface area contributed by atoms with Crippen LogP contribution in [-0.4, -0.2) is 16.0 Å². The molecule has 3 atom stereocenters. The smallest absolute Gasteiger partial charge is 0.335 e. The predicted molar refractivity (Wildman–Crippen MR) is 92.8 cm³/mol. The van der Waals surface area contributed by atoms with Crippen LogP contribution in [0.4, 0.5) is 11.4 Å². The Morgan fingerprint density at radius 1 is 1.20 bits per heavy atom. The Labute approximate surface area is 144 Å². The van der Waals surface area contributed by atoms with Crippen molar-refractivity contribution in [2.24, 2.45) is 5.92 Å². The fourth-order valence-electron chi connectivity index (χ4n) is 3.86. The van der Waals surface area contributed by atoms with Crippen molar-refractivity contribution >= 4 is 17.3 Å². The van der Waals surface area contributed by atoms with E-state index in [0.717, 1.165) is 23.2 Å². The lowest BCUT2D eigenvalue weighted by Gasteiger charge is -2.37. The lowest BCUT2D eigenvalue weighted by Crippen LogP contribution is -2.29. The second-order valence-electron chi connectivity index (χ2n) is 6.43. The van der Waals surface area contributed by atoms with E-state index in [9.17, 15) is 20.0 Å². The maximum atomic E-state index is 11.3. The van der Waals surface area contributed by atoms with E-state index in [2.05, 4.69) is 17.5 Å². The largest absolute Gasteiger partial charge is 0.478 e. The molecule has 1 heterocycles. The topological polar surface area (TPSA) is 92.5 Å². The molecule has 0 radical (unpaired) electrons. The third-order valence-corrected chi connectivity index (χ3v) is 5.07. The van der Waals surface area contributed by atoms with E-state index in [1.54, 1.807) is 24.3 Å². The summed E-state index contributed by atoms with van der Waals surface area (Å²) in [5, 5.41) is 23.5. The SMILES string of the molecule is O=C(O)c1ccc2c(c1)NC(c1ccc([N+](=O)[O-])cc1)C1CC=CC21. The number of fused-ring (bicyclic) bond motifs is 3. The summed E-state index contributed by atoms with van der Waals surface area (Å²) in [5.74, 6) is -0.426. The van der Waals surface area contributed by atoms with Crippen molar-refractivity contribution in [2.75, 3.05) is 5.32 Å². The highest BCUT2D eigenvalue weighted by Gasteiger charge is 2.38. The first kappa shape index (κ1) is 15.4. The van der Waals surface area contributed by atoms with Crippen LogP contribution in [0.5, 0.6) is 0 Å². The third kappa shape index (κ3) is 2.55. The average Bonchev–Trinajstić information content (AvgIpc) is 3.10. The number of rotatable bonds is 3. The van der Waals surface area contributed by atoms with E-state index in [-0.39, 0.29) is 23.2 Å². The molecule has 3 unspecified atom stereocenters. The normalized spacial score (nSPS) is 23.4. The number of allylic oxidation sites excluding steroid dienone is 2. The van der Waals surface area contributed by atoms with Gasteiger partial charge in [-0.15, -0.1) is 0 Å². The lowest BCUT2D eigenvalue weighted by molar-refractivity contribution is -0.384. The van der Waals surface area contributed by atoms with Crippen molar-refractivity contribution in [1.29, 1.82) is 0 Å². The highest BCUT2D eigenvalue weighted by molar-refractivity contribution is 5.89. The minimum atomic E-state index is -0.958. The van der Waals surface area contributed by atoms with Gasteiger partial charge in [0.1, 0.15) is 0 Å². The molecular formula is C19H16N2O4. The number of non-ortho nitro benzene ring substituents is 1. The summed E-state index contributed by atoms with van der Waals surface area (Å²) < 4.78 is 0. The van der Waals surface area contributed by atoms with E-state index < -0.39 is 10.9 Å². The minimum Gasteiger partial charge on any atom is -0.478 e. The van der Waals surface area contributed by atoms with Gasteiger partial charge in [0.05, 0.1) is 16.5 Å². The second kappa shape index (κ2) is 5.73. The molecule has 0 fully saturated rings. The van der Waals surface area contributed by atoms with Crippen LogP contribution < -0.4 is 5.32 Å². The molecule has 2 aliphatic rings. The van der Waals surface area contributed by atoms with Crippen molar-refractivity contribution in [2.45, 2.75) is 18.4 Å². The van der Waals surface area contributed by atoms with Crippen molar-refractivity contribution in [3.8, 4) is 0 Å². The summed E-state index contributed by atoms with van der Waals surface area (Å²) in [5.41, 5.74) is 3.19. The number of nitro benzene ring substituents is 1. The van der Waals surface area contributed by atoms with Crippen LogP contribution in [-0.2, 0) is 0 Å². The number of nitrogens with zero attached hydrogens (tertiary/aromatic N) is 1. The van der Waals surface area contributed by atoms with Crippen LogP contribution in [0, 0.1) is 16.0 Å². The molecule has 6 nitrogen and oxygen atoms in total. The summed E-state index contributed by atoms with van der Waals surface area (Å²) in [6.45, 7) is 0. The van der Waals surface area contributed by atoms with Crippen LogP contribution >= 0.6 is 0 Å². The summed E-state index contributed by atoms with van der Waals surface area (Å²) in [6, 6.07) is 11.7. The fraction of sp³-hybridized carbons (Fsp3) is 0.211. The number of nitro groups is 1. The van der Waals surface area contributed by atoms with Gasteiger partial charge < -0.3 is 10.4 Å². The molecule has 0 saturated heterocycles. The summed E-state index contributed by atoms with van der Waals surface area (Å²) in [7, 11) is 0. The van der Waals surface area contributed by atoms with Gasteiger partial charge in [0.25, 0.3) is 5.69 Å². The molecule has 2 aromatic carbocycles. The number of carboxylic acids is 1. The van der Waals surface area contributed by atoms with Gasteiger partial charge in [-0.25, -0.2) is 4.79 Å². The Kier molecular flexibility index (Phi) is 3.53. The molecule has 126 valence electrons. The van der Waals surface area contributed by atoms with Gasteiger partial charge in [-0.05, 0) is 35.6 Å². The van der Waals surface area contributed by atoms with Crippen LogP contribution in [0.1, 0.15) is 39.9 Å². The summed E-state index contributed by atoms with van der Waals surface area (Å²) in [6.07, 6.45) is 5.23. The maximum Gasteiger partial charge on any atom is 0.335 e.